The van der Waals surface area contributed by atoms with Crippen LogP contribution in [-0.2, 0) is 4.79 Å². The summed E-state index contributed by atoms with van der Waals surface area (Å²) in [6, 6.07) is 7.90. The summed E-state index contributed by atoms with van der Waals surface area (Å²) in [6.07, 6.45) is 3.89. The van der Waals surface area contributed by atoms with E-state index in [1.165, 1.54) is 0 Å². The molecule has 1 amide bonds. The Bertz CT molecular complexity index is 1220. The molecule has 0 saturated carbocycles. The maximum absolute atomic E-state index is 11.2. The number of methoxy groups -OCH3 is 2. The molecule has 0 aliphatic carbocycles. The largest absolute Gasteiger partial charge is 0.497 e. The third kappa shape index (κ3) is 5.46. The number of unbranched alkanes of at least 4 members (excludes halogenated alkanes) is 1. The summed E-state index contributed by atoms with van der Waals surface area (Å²) in [5, 5.41) is 9.49. The summed E-state index contributed by atoms with van der Waals surface area (Å²) < 4.78 is 17.2. The van der Waals surface area contributed by atoms with Gasteiger partial charge >= 0.3 is 0 Å². The molecule has 1 fully saturated rings. The third-order valence-electron chi connectivity index (χ3n) is 6.47. The fourth-order valence-corrected chi connectivity index (χ4v) is 4.67. The van der Waals surface area contributed by atoms with Gasteiger partial charge in [-0.1, -0.05) is 0 Å². The fourth-order valence-electron chi connectivity index (χ4n) is 4.67. The monoisotopic (exact) mass is 494 g/mol. The molecular formula is C27H34N4O5. The second-order valence-corrected chi connectivity index (χ2v) is 9.07. The Labute approximate surface area is 211 Å². The fraction of sp³-hybridized carbons (Fsp3) is 0.444. The Morgan fingerprint density at radius 2 is 1.75 bits per heavy atom. The Morgan fingerprint density at radius 3 is 2.39 bits per heavy atom. The molecule has 0 atom stereocenters. The van der Waals surface area contributed by atoms with E-state index in [1.807, 2.05) is 38.1 Å². The summed E-state index contributed by atoms with van der Waals surface area (Å²) >= 11 is 0. The number of fused-ring (bicyclic) bond motifs is 1. The number of hydrogen-bond donors (Lipinski definition) is 2. The van der Waals surface area contributed by atoms with Crippen LogP contribution in [0.5, 0.6) is 17.2 Å². The smallest absolute Gasteiger partial charge is 0.243 e. The van der Waals surface area contributed by atoms with Gasteiger partial charge in [0.1, 0.15) is 23.1 Å². The molecule has 0 bridgehead atoms. The number of carbonyl (C=O) groups excluding carboxylic acids is 1. The summed E-state index contributed by atoms with van der Waals surface area (Å²) in [5.41, 5.74) is 5.33. The molecule has 0 unspecified atom stereocenters. The van der Waals surface area contributed by atoms with Gasteiger partial charge in [0, 0.05) is 37.2 Å². The summed E-state index contributed by atoms with van der Waals surface area (Å²) in [5.74, 6) is 3.36. The average Bonchev–Trinajstić information content (AvgIpc) is 3.43. The van der Waals surface area contributed by atoms with E-state index in [4.69, 9.17) is 29.4 Å². The minimum absolute atomic E-state index is 0.269. The molecule has 192 valence electrons. The molecule has 0 radical (unpaired) electrons. The zero-order chi connectivity index (χ0) is 25.7. The number of anilines is 1. The van der Waals surface area contributed by atoms with Crippen LogP contribution < -0.4 is 24.6 Å². The van der Waals surface area contributed by atoms with Gasteiger partial charge in [0.25, 0.3) is 0 Å². The number of hydrogen-bond acceptors (Lipinski definition) is 8. The van der Waals surface area contributed by atoms with E-state index in [2.05, 4.69) is 4.90 Å². The van der Waals surface area contributed by atoms with Crippen molar-refractivity contribution in [3.05, 3.63) is 35.4 Å². The lowest BCUT2D eigenvalue weighted by Crippen LogP contribution is -2.20. The molecule has 1 aromatic heterocycles. The number of benzene rings is 2. The predicted molar refractivity (Wildman–Crippen MR) is 138 cm³/mol. The van der Waals surface area contributed by atoms with Crippen molar-refractivity contribution in [1.82, 2.24) is 15.4 Å². The van der Waals surface area contributed by atoms with E-state index in [-0.39, 0.29) is 12.3 Å². The molecule has 9 nitrogen and oxygen atoms in total. The molecule has 1 aliphatic heterocycles. The van der Waals surface area contributed by atoms with Crippen LogP contribution in [0, 0.1) is 13.8 Å². The van der Waals surface area contributed by atoms with Gasteiger partial charge in [0.2, 0.25) is 5.91 Å². The first kappa shape index (κ1) is 25.5. The van der Waals surface area contributed by atoms with Crippen molar-refractivity contribution in [3.8, 4) is 28.6 Å². The van der Waals surface area contributed by atoms with E-state index in [0.717, 1.165) is 65.1 Å². The third-order valence-corrected chi connectivity index (χ3v) is 6.47. The highest BCUT2D eigenvalue weighted by Crippen LogP contribution is 2.39. The van der Waals surface area contributed by atoms with Gasteiger partial charge in [-0.2, -0.15) is 0 Å². The minimum atomic E-state index is -0.384. The number of ether oxygens (including phenoxy) is 3. The molecule has 4 rings (SSSR count). The van der Waals surface area contributed by atoms with E-state index >= 15 is 0 Å². The van der Waals surface area contributed by atoms with Crippen molar-refractivity contribution in [2.45, 2.75) is 46.0 Å². The number of amides is 1. The molecule has 3 aromatic rings. The maximum atomic E-state index is 11.2. The van der Waals surface area contributed by atoms with Crippen molar-refractivity contribution < 1.29 is 24.2 Å². The standard InChI is InChI=1S/C27H34N4O5/c1-17-13-19(14-18(2)25(17)36-12-8-5-9-23(32)30-33)26-28-21-15-20(34-3)16-22(35-4)24(21)27(29-26)31-10-6-7-11-31/h13-16,33H,5-12H2,1-4H3,(H,30,32). The summed E-state index contributed by atoms with van der Waals surface area (Å²) in [4.78, 5) is 23.4. The van der Waals surface area contributed by atoms with Crippen LogP contribution in [0.15, 0.2) is 24.3 Å². The van der Waals surface area contributed by atoms with Gasteiger partial charge < -0.3 is 19.1 Å². The zero-order valence-corrected chi connectivity index (χ0v) is 21.4. The van der Waals surface area contributed by atoms with Crippen molar-refractivity contribution in [1.29, 1.82) is 0 Å². The molecule has 0 spiro atoms. The number of rotatable bonds is 10. The molecule has 9 heteroatoms. The van der Waals surface area contributed by atoms with E-state index in [1.54, 1.807) is 19.7 Å². The number of nitrogens with one attached hydrogen (secondary N) is 1. The Kier molecular flexibility index (Phi) is 8.10. The van der Waals surface area contributed by atoms with Crippen LogP contribution in [0.25, 0.3) is 22.3 Å². The predicted octanol–water partition coefficient (Wildman–Crippen LogP) is 4.59. The molecule has 2 aromatic carbocycles. The van der Waals surface area contributed by atoms with Gasteiger partial charge in [-0.25, -0.2) is 15.4 Å². The van der Waals surface area contributed by atoms with E-state index in [9.17, 15) is 4.79 Å². The lowest BCUT2D eigenvalue weighted by Gasteiger charge is -2.21. The van der Waals surface area contributed by atoms with Crippen LogP contribution in [0.2, 0.25) is 0 Å². The highest BCUT2D eigenvalue weighted by molar-refractivity contribution is 5.97. The number of aromatic nitrogens is 2. The minimum Gasteiger partial charge on any atom is -0.497 e. The average molecular weight is 495 g/mol. The van der Waals surface area contributed by atoms with E-state index in [0.29, 0.717) is 36.8 Å². The van der Waals surface area contributed by atoms with Crippen molar-refractivity contribution >= 4 is 22.6 Å². The number of carbonyl (C=O) groups is 1. The molecule has 1 aliphatic rings. The topological polar surface area (TPSA) is 106 Å². The van der Waals surface area contributed by atoms with Crippen molar-refractivity contribution in [2.24, 2.45) is 0 Å². The van der Waals surface area contributed by atoms with Crippen LogP contribution in [-0.4, -0.2) is 55.0 Å². The maximum Gasteiger partial charge on any atom is 0.243 e. The Morgan fingerprint density at radius 1 is 1.03 bits per heavy atom. The van der Waals surface area contributed by atoms with Crippen LogP contribution in [0.3, 0.4) is 0 Å². The SMILES string of the molecule is COc1cc(OC)c2c(N3CCCC3)nc(-c3cc(C)c(OCCCCC(=O)NO)c(C)c3)nc2c1. The molecule has 2 heterocycles. The second-order valence-electron chi connectivity index (χ2n) is 9.07. The number of hydroxylamine groups is 1. The lowest BCUT2D eigenvalue weighted by molar-refractivity contribution is -0.129. The lowest BCUT2D eigenvalue weighted by atomic mass is 10.0. The van der Waals surface area contributed by atoms with Crippen LogP contribution >= 0.6 is 0 Å². The highest BCUT2D eigenvalue weighted by atomic mass is 16.5. The van der Waals surface area contributed by atoms with Crippen LogP contribution in [0.4, 0.5) is 5.82 Å². The highest BCUT2D eigenvalue weighted by Gasteiger charge is 2.22. The zero-order valence-electron chi connectivity index (χ0n) is 21.4. The molecule has 2 N–H and O–H groups in total. The van der Waals surface area contributed by atoms with Gasteiger partial charge in [-0.05, 0) is 62.8 Å². The first-order valence-corrected chi connectivity index (χ1v) is 12.3. The van der Waals surface area contributed by atoms with Gasteiger partial charge in [-0.15, -0.1) is 0 Å². The molecule has 36 heavy (non-hydrogen) atoms. The summed E-state index contributed by atoms with van der Waals surface area (Å²) in [7, 11) is 3.29. The Hall–Kier alpha value is -3.59. The van der Waals surface area contributed by atoms with Crippen LogP contribution in [0.1, 0.15) is 43.2 Å². The normalized spacial score (nSPS) is 13.2. The first-order valence-electron chi connectivity index (χ1n) is 12.3. The molecular weight excluding hydrogens is 460 g/mol. The molecule has 1 saturated heterocycles. The number of nitrogens with zero attached hydrogens (tertiary/aromatic N) is 3. The van der Waals surface area contributed by atoms with E-state index < -0.39 is 0 Å². The second kappa shape index (κ2) is 11.4. The summed E-state index contributed by atoms with van der Waals surface area (Å²) in [6.45, 7) is 6.42. The van der Waals surface area contributed by atoms with Gasteiger partial charge in [0.15, 0.2) is 5.82 Å². The van der Waals surface area contributed by atoms with Gasteiger partial charge in [0.05, 0.1) is 31.7 Å². The van der Waals surface area contributed by atoms with Crippen molar-refractivity contribution in [3.63, 3.8) is 0 Å². The first-order chi connectivity index (χ1) is 17.4. The number of aryl methyl sites for hydroxylation is 2. The van der Waals surface area contributed by atoms with Gasteiger partial charge in [-0.3, -0.25) is 10.0 Å². The Balaban J connectivity index is 1.67. The van der Waals surface area contributed by atoms with Crippen molar-refractivity contribution in [2.75, 3.05) is 38.8 Å². The quantitative estimate of drug-likeness (QED) is 0.240.